The van der Waals surface area contributed by atoms with Gasteiger partial charge in [0.25, 0.3) is 0 Å². The third-order valence-electron chi connectivity index (χ3n) is 3.85. The van der Waals surface area contributed by atoms with E-state index >= 15 is 0 Å². The molecule has 1 heterocycles. The number of nitro groups is 1. The minimum absolute atomic E-state index is 0.0510. The van der Waals surface area contributed by atoms with Crippen molar-refractivity contribution in [2.75, 3.05) is 12.8 Å². The van der Waals surface area contributed by atoms with Crippen LogP contribution in [0.2, 0.25) is 0 Å². The number of thioether (sulfide) groups is 1. The lowest BCUT2D eigenvalue weighted by atomic mass is 9.95. The van der Waals surface area contributed by atoms with Gasteiger partial charge in [0.15, 0.2) is 0 Å². The maximum Gasteiger partial charge on any atom is 0.306 e. The van der Waals surface area contributed by atoms with E-state index in [2.05, 4.69) is 16.7 Å². The Morgan fingerprint density at radius 1 is 1.62 bits per heavy atom. The van der Waals surface area contributed by atoms with E-state index in [1.165, 1.54) is 36.3 Å². The van der Waals surface area contributed by atoms with Crippen LogP contribution < -0.4 is 5.32 Å². The number of hydrogen-bond acceptors (Lipinski definition) is 6. The molecule has 7 nitrogen and oxygen atoms in total. The Balaban J connectivity index is 1.78. The van der Waals surface area contributed by atoms with Crippen molar-refractivity contribution < 1.29 is 10.0 Å². The first-order valence-electron chi connectivity index (χ1n) is 7.21. The molecule has 0 amide bonds. The van der Waals surface area contributed by atoms with Gasteiger partial charge in [-0.05, 0) is 19.1 Å². The minimum atomic E-state index is -0.603. The van der Waals surface area contributed by atoms with Crippen LogP contribution in [0.15, 0.2) is 12.4 Å². The average molecular weight is 314 g/mol. The highest BCUT2D eigenvalue weighted by atomic mass is 32.2. The summed E-state index contributed by atoms with van der Waals surface area (Å²) in [6.07, 6.45) is 8.95. The van der Waals surface area contributed by atoms with Crippen molar-refractivity contribution in [2.24, 2.45) is 0 Å². The molecule has 1 aliphatic carbocycles. The van der Waals surface area contributed by atoms with Crippen molar-refractivity contribution in [2.45, 2.75) is 49.6 Å². The van der Waals surface area contributed by atoms with Crippen molar-refractivity contribution in [3.63, 3.8) is 0 Å². The Morgan fingerprint density at radius 2 is 2.38 bits per heavy atom. The normalized spacial score (nSPS) is 23.9. The van der Waals surface area contributed by atoms with E-state index in [0.29, 0.717) is 17.8 Å². The molecule has 21 heavy (non-hydrogen) atoms. The predicted octanol–water partition coefficient (Wildman–Crippen LogP) is 1.42. The third-order valence-corrected chi connectivity index (χ3v) is 5.02. The van der Waals surface area contributed by atoms with Gasteiger partial charge >= 0.3 is 5.69 Å². The number of rotatable bonds is 7. The lowest BCUT2D eigenvalue weighted by Gasteiger charge is -2.31. The Kier molecular flexibility index (Phi) is 6.01. The molecule has 0 aliphatic heterocycles. The molecule has 2 rings (SSSR count). The number of hydrogen-bond donors (Lipinski definition) is 2. The highest BCUT2D eigenvalue weighted by Crippen LogP contribution is 2.27. The summed E-state index contributed by atoms with van der Waals surface area (Å²) < 4.78 is 1.41. The Bertz CT molecular complexity index is 468. The van der Waals surface area contributed by atoms with Crippen molar-refractivity contribution in [1.29, 1.82) is 0 Å². The lowest BCUT2D eigenvalue weighted by Crippen LogP contribution is -2.44. The summed E-state index contributed by atoms with van der Waals surface area (Å²) in [5.41, 5.74) is -0.0510. The van der Waals surface area contributed by atoms with Gasteiger partial charge in [-0.3, -0.25) is 14.8 Å². The zero-order valence-electron chi connectivity index (χ0n) is 12.1. The van der Waals surface area contributed by atoms with Crippen molar-refractivity contribution >= 4 is 17.4 Å². The zero-order chi connectivity index (χ0) is 15.2. The van der Waals surface area contributed by atoms with Crippen LogP contribution in [0.3, 0.4) is 0 Å². The summed E-state index contributed by atoms with van der Waals surface area (Å²) >= 11 is 1.88. The third kappa shape index (κ3) is 4.69. The van der Waals surface area contributed by atoms with E-state index in [9.17, 15) is 15.2 Å². The smallest absolute Gasteiger partial charge is 0.306 e. The summed E-state index contributed by atoms with van der Waals surface area (Å²) in [4.78, 5) is 10.1. The quantitative estimate of drug-likeness (QED) is 0.584. The molecule has 1 fully saturated rings. The van der Waals surface area contributed by atoms with E-state index in [0.717, 1.165) is 6.42 Å². The fourth-order valence-electron chi connectivity index (χ4n) is 2.73. The molecule has 0 saturated heterocycles. The maximum atomic E-state index is 10.6. The second-order valence-corrected chi connectivity index (χ2v) is 6.48. The SMILES string of the molecule is CSC1CCCCC1NCC(O)Cn1cc([N+](=O)[O-])cn1. The highest BCUT2D eigenvalue weighted by molar-refractivity contribution is 7.99. The van der Waals surface area contributed by atoms with Crippen LogP contribution in [0.25, 0.3) is 0 Å². The van der Waals surface area contributed by atoms with Gasteiger partial charge in [0.1, 0.15) is 12.4 Å². The van der Waals surface area contributed by atoms with Gasteiger partial charge < -0.3 is 10.4 Å². The summed E-state index contributed by atoms with van der Waals surface area (Å²) in [7, 11) is 0. The molecular formula is C13H22N4O3S. The van der Waals surface area contributed by atoms with Crippen LogP contribution >= 0.6 is 11.8 Å². The van der Waals surface area contributed by atoms with Crippen LogP contribution in [0.4, 0.5) is 5.69 Å². The summed E-state index contributed by atoms with van der Waals surface area (Å²) in [5.74, 6) is 0. The second-order valence-electron chi connectivity index (χ2n) is 5.40. The standard InChI is InChI=1S/C13H22N4O3S/c1-21-13-5-3-2-4-12(13)14-7-11(18)9-16-8-10(6-15-16)17(19)20/h6,8,11-14,18H,2-5,7,9H2,1H3. The molecule has 3 atom stereocenters. The topological polar surface area (TPSA) is 93.2 Å². The van der Waals surface area contributed by atoms with Crippen LogP contribution in [0.5, 0.6) is 0 Å². The largest absolute Gasteiger partial charge is 0.390 e. The molecule has 0 bridgehead atoms. The first-order valence-corrected chi connectivity index (χ1v) is 8.50. The molecule has 0 aromatic carbocycles. The fourth-order valence-corrected chi connectivity index (χ4v) is 3.69. The van der Waals surface area contributed by atoms with E-state index in [-0.39, 0.29) is 12.2 Å². The summed E-state index contributed by atoms with van der Waals surface area (Å²) in [5, 5.41) is 28.5. The highest BCUT2D eigenvalue weighted by Gasteiger charge is 2.24. The van der Waals surface area contributed by atoms with Crippen LogP contribution in [-0.2, 0) is 6.54 Å². The number of aliphatic hydroxyl groups excluding tert-OH is 1. The fraction of sp³-hybridized carbons (Fsp3) is 0.769. The van der Waals surface area contributed by atoms with Gasteiger partial charge in [-0.15, -0.1) is 0 Å². The maximum absolute atomic E-state index is 10.6. The van der Waals surface area contributed by atoms with E-state index in [1.54, 1.807) is 0 Å². The molecule has 8 heteroatoms. The Hall–Kier alpha value is -1.12. The van der Waals surface area contributed by atoms with Crippen LogP contribution in [0.1, 0.15) is 25.7 Å². The predicted molar refractivity (Wildman–Crippen MR) is 82.4 cm³/mol. The summed E-state index contributed by atoms with van der Waals surface area (Å²) in [6.45, 7) is 0.743. The first kappa shape index (κ1) is 16.3. The van der Waals surface area contributed by atoms with Crippen molar-refractivity contribution in [3.05, 3.63) is 22.5 Å². The molecule has 3 unspecified atom stereocenters. The van der Waals surface area contributed by atoms with Gasteiger partial charge in [-0.25, -0.2) is 0 Å². The minimum Gasteiger partial charge on any atom is -0.390 e. The molecular weight excluding hydrogens is 292 g/mol. The van der Waals surface area contributed by atoms with Gasteiger partial charge in [0, 0.05) is 17.8 Å². The van der Waals surface area contributed by atoms with Crippen LogP contribution in [0, 0.1) is 10.1 Å². The first-order chi connectivity index (χ1) is 10.1. The molecule has 1 saturated carbocycles. The van der Waals surface area contributed by atoms with E-state index in [4.69, 9.17) is 0 Å². The van der Waals surface area contributed by atoms with Gasteiger partial charge in [0.05, 0.1) is 17.6 Å². The van der Waals surface area contributed by atoms with E-state index < -0.39 is 11.0 Å². The number of nitrogens with zero attached hydrogens (tertiary/aromatic N) is 3. The molecule has 1 aromatic rings. The molecule has 1 aromatic heterocycles. The zero-order valence-corrected chi connectivity index (χ0v) is 13.0. The summed E-state index contributed by atoms with van der Waals surface area (Å²) in [6, 6.07) is 0.440. The monoisotopic (exact) mass is 314 g/mol. The number of nitrogens with one attached hydrogen (secondary N) is 1. The van der Waals surface area contributed by atoms with Gasteiger partial charge in [-0.2, -0.15) is 16.9 Å². The van der Waals surface area contributed by atoms with Gasteiger partial charge in [-0.1, -0.05) is 12.8 Å². The van der Waals surface area contributed by atoms with Crippen molar-refractivity contribution in [3.8, 4) is 0 Å². The molecule has 0 spiro atoms. The Morgan fingerprint density at radius 3 is 3.05 bits per heavy atom. The lowest BCUT2D eigenvalue weighted by molar-refractivity contribution is -0.385. The van der Waals surface area contributed by atoms with Crippen molar-refractivity contribution in [1.82, 2.24) is 15.1 Å². The van der Waals surface area contributed by atoms with Crippen LogP contribution in [-0.4, -0.2) is 50.0 Å². The molecule has 0 radical (unpaired) electrons. The molecule has 2 N–H and O–H groups in total. The van der Waals surface area contributed by atoms with E-state index in [1.807, 2.05) is 11.8 Å². The molecule has 118 valence electrons. The number of aromatic nitrogens is 2. The van der Waals surface area contributed by atoms with Gasteiger partial charge in [0.2, 0.25) is 0 Å². The average Bonchev–Trinajstić information content (AvgIpc) is 2.94. The Labute approximate surface area is 128 Å². The number of aliphatic hydroxyl groups is 1. The molecule has 1 aliphatic rings. The second kappa shape index (κ2) is 7.77.